The van der Waals surface area contributed by atoms with Crippen molar-refractivity contribution in [2.75, 3.05) is 11.1 Å². The van der Waals surface area contributed by atoms with Crippen molar-refractivity contribution in [2.24, 2.45) is 0 Å². The van der Waals surface area contributed by atoms with Gasteiger partial charge in [-0.15, -0.1) is 0 Å². The molecule has 0 unspecified atom stereocenters. The molecule has 6 heteroatoms. The van der Waals surface area contributed by atoms with Gasteiger partial charge in [0.25, 0.3) is 0 Å². The second kappa shape index (κ2) is 5.40. The predicted molar refractivity (Wildman–Crippen MR) is 74.9 cm³/mol. The van der Waals surface area contributed by atoms with Crippen LogP contribution in [0.4, 0.5) is 26.1 Å². The third-order valence-corrected chi connectivity index (χ3v) is 3.02. The normalized spacial score (nSPS) is 10.9. The Morgan fingerprint density at radius 2 is 1.90 bits per heavy atom. The van der Waals surface area contributed by atoms with Gasteiger partial charge in [0, 0.05) is 5.56 Å². The topological polar surface area (TPSA) is 63.8 Å². The second-order valence-corrected chi connectivity index (χ2v) is 4.85. The Hall–Kier alpha value is -2.24. The van der Waals surface area contributed by atoms with Gasteiger partial charge in [-0.05, 0) is 24.5 Å². The summed E-state index contributed by atoms with van der Waals surface area (Å²) in [6.07, 6.45) is 1.26. The molecule has 0 saturated heterocycles. The number of nitrogens with one attached hydrogen (secondary N) is 1. The highest BCUT2D eigenvalue weighted by molar-refractivity contribution is 5.66. The maximum absolute atomic E-state index is 14.0. The van der Waals surface area contributed by atoms with Crippen molar-refractivity contribution in [2.45, 2.75) is 26.7 Å². The Morgan fingerprint density at radius 3 is 2.55 bits per heavy atom. The van der Waals surface area contributed by atoms with Crippen molar-refractivity contribution in [1.29, 1.82) is 0 Å². The molecule has 0 spiro atoms. The zero-order chi connectivity index (χ0) is 14.9. The molecule has 1 aromatic carbocycles. The minimum atomic E-state index is -0.681. The molecule has 0 aliphatic rings. The second-order valence-electron chi connectivity index (χ2n) is 4.85. The number of hydrogen-bond donors (Lipinski definition) is 2. The molecule has 0 amide bonds. The highest BCUT2D eigenvalue weighted by Crippen LogP contribution is 2.31. The summed E-state index contributed by atoms with van der Waals surface area (Å²) in [5, 5.41) is 2.69. The SMILES string of the molecule is Cc1ccc(F)c(Nc2ncnc(N)c2C(C)C)c1F. The number of halogens is 2. The summed E-state index contributed by atoms with van der Waals surface area (Å²) in [5.74, 6) is -0.687. The van der Waals surface area contributed by atoms with Gasteiger partial charge in [-0.1, -0.05) is 19.9 Å². The number of benzene rings is 1. The van der Waals surface area contributed by atoms with Gasteiger partial charge in [0.15, 0.2) is 5.82 Å². The molecule has 0 aliphatic carbocycles. The van der Waals surface area contributed by atoms with Gasteiger partial charge < -0.3 is 11.1 Å². The average molecular weight is 278 g/mol. The van der Waals surface area contributed by atoms with Crippen LogP contribution in [-0.4, -0.2) is 9.97 Å². The number of nitrogens with zero attached hydrogens (tertiary/aromatic N) is 2. The zero-order valence-electron chi connectivity index (χ0n) is 11.5. The Labute approximate surface area is 116 Å². The van der Waals surface area contributed by atoms with E-state index in [1.807, 2.05) is 13.8 Å². The van der Waals surface area contributed by atoms with Crippen LogP contribution in [0.15, 0.2) is 18.5 Å². The number of nitrogen functional groups attached to an aromatic ring is 1. The lowest BCUT2D eigenvalue weighted by Crippen LogP contribution is -2.08. The summed E-state index contributed by atoms with van der Waals surface area (Å²) in [4.78, 5) is 7.94. The predicted octanol–water partition coefficient (Wildman–Crippen LogP) is 3.51. The molecular weight excluding hydrogens is 262 g/mol. The molecule has 1 aromatic heterocycles. The van der Waals surface area contributed by atoms with Crippen molar-refractivity contribution < 1.29 is 8.78 Å². The molecule has 0 saturated carbocycles. The van der Waals surface area contributed by atoms with Gasteiger partial charge >= 0.3 is 0 Å². The van der Waals surface area contributed by atoms with Crippen LogP contribution >= 0.6 is 0 Å². The van der Waals surface area contributed by atoms with Crippen LogP contribution in [0.3, 0.4) is 0 Å². The van der Waals surface area contributed by atoms with E-state index in [4.69, 9.17) is 5.73 Å². The molecule has 2 rings (SSSR count). The Bertz CT molecular complexity index is 641. The number of aryl methyl sites for hydroxylation is 1. The first kappa shape index (κ1) is 14.2. The van der Waals surface area contributed by atoms with E-state index in [9.17, 15) is 8.78 Å². The van der Waals surface area contributed by atoms with Crippen LogP contribution in [0, 0.1) is 18.6 Å². The maximum Gasteiger partial charge on any atom is 0.152 e. The first-order valence-electron chi connectivity index (χ1n) is 6.23. The van der Waals surface area contributed by atoms with Crippen LogP contribution in [0.2, 0.25) is 0 Å². The van der Waals surface area contributed by atoms with E-state index >= 15 is 0 Å². The van der Waals surface area contributed by atoms with Gasteiger partial charge in [0.1, 0.15) is 29.5 Å². The van der Waals surface area contributed by atoms with Crippen molar-refractivity contribution in [3.05, 3.63) is 41.2 Å². The molecular formula is C14H16F2N4. The lowest BCUT2D eigenvalue weighted by atomic mass is 10.0. The van der Waals surface area contributed by atoms with E-state index in [1.54, 1.807) is 6.92 Å². The molecule has 4 nitrogen and oxygen atoms in total. The fourth-order valence-corrected chi connectivity index (χ4v) is 1.97. The fourth-order valence-electron chi connectivity index (χ4n) is 1.97. The Kier molecular flexibility index (Phi) is 3.83. The summed E-state index contributed by atoms with van der Waals surface area (Å²) < 4.78 is 27.8. The van der Waals surface area contributed by atoms with E-state index in [0.717, 1.165) is 0 Å². The molecule has 0 aliphatic heterocycles. The number of aromatic nitrogens is 2. The summed E-state index contributed by atoms with van der Waals surface area (Å²) >= 11 is 0. The molecule has 20 heavy (non-hydrogen) atoms. The van der Waals surface area contributed by atoms with Crippen LogP contribution < -0.4 is 11.1 Å². The monoisotopic (exact) mass is 278 g/mol. The van der Waals surface area contributed by atoms with E-state index in [0.29, 0.717) is 22.8 Å². The Morgan fingerprint density at radius 1 is 1.20 bits per heavy atom. The highest BCUT2D eigenvalue weighted by Gasteiger charge is 2.17. The average Bonchev–Trinajstić information content (AvgIpc) is 2.39. The van der Waals surface area contributed by atoms with Gasteiger partial charge in [-0.25, -0.2) is 18.7 Å². The maximum atomic E-state index is 14.0. The smallest absolute Gasteiger partial charge is 0.152 e. The van der Waals surface area contributed by atoms with Gasteiger partial charge in [-0.2, -0.15) is 0 Å². The third-order valence-electron chi connectivity index (χ3n) is 3.02. The summed E-state index contributed by atoms with van der Waals surface area (Å²) in [7, 11) is 0. The first-order valence-corrected chi connectivity index (χ1v) is 6.23. The van der Waals surface area contributed by atoms with E-state index < -0.39 is 11.6 Å². The largest absolute Gasteiger partial charge is 0.383 e. The van der Waals surface area contributed by atoms with Crippen molar-refractivity contribution in [3.8, 4) is 0 Å². The molecule has 0 fully saturated rings. The number of rotatable bonds is 3. The van der Waals surface area contributed by atoms with Crippen molar-refractivity contribution in [3.63, 3.8) is 0 Å². The van der Waals surface area contributed by atoms with Crippen LogP contribution in [0.25, 0.3) is 0 Å². The highest BCUT2D eigenvalue weighted by atomic mass is 19.1. The number of nitrogens with two attached hydrogens (primary N) is 1. The molecule has 2 aromatic rings. The summed E-state index contributed by atoms with van der Waals surface area (Å²) in [6.45, 7) is 5.38. The molecule has 1 heterocycles. The fraction of sp³-hybridized carbons (Fsp3) is 0.286. The first-order chi connectivity index (χ1) is 9.41. The van der Waals surface area contributed by atoms with Crippen LogP contribution in [0.1, 0.15) is 30.9 Å². The third kappa shape index (κ3) is 2.54. The van der Waals surface area contributed by atoms with E-state index in [1.165, 1.54) is 18.5 Å². The molecule has 3 N–H and O–H groups in total. The van der Waals surface area contributed by atoms with E-state index in [2.05, 4.69) is 15.3 Å². The molecule has 106 valence electrons. The van der Waals surface area contributed by atoms with Crippen molar-refractivity contribution >= 4 is 17.3 Å². The molecule has 0 radical (unpaired) electrons. The van der Waals surface area contributed by atoms with Crippen molar-refractivity contribution in [1.82, 2.24) is 9.97 Å². The standard InChI is InChI=1S/C14H16F2N4/c1-7(2)10-13(17)18-6-19-14(10)20-12-9(15)5-4-8(3)11(12)16/h4-7H,1-3H3,(H3,17,18,19,20). The minimum absolute atomic E-state index is 0.0228. The number of hydrogen-bond acceptors (Lipinski definition) is 4. The van der Waals surface area contributed by atoms with Crippen LogP contribution in [-0.2, 0) is 0 Å². The van der Waals surface area contributed by atoms with Gasteiger partial charge in [-0.3, -0.25) is 0 Å². The molecule has 0 atom stereocenters. The Balaban J connectivity index is 2.51. The van der Waals surface area contributed by atoms with Gasteiger partial charge in [0.05, 0.1) is 0 Å². The van der Waals surface area contributed by atoms with E-state index in [-0.39, 0.29) is 11.6 Å². The summed E-state index contributed by atoms with van der Waals surface area (Å²) in [6, 6.07) is 2.59. The van der Waals surface area contributed by atoms with Gasteiger partial charge in [0.2, 0.25) is 0 Å². The lowest BCUT2D eigenvalue weighted by Gasteiger charge is -2.16. The number of anilines is 3. The zero-order valence-corrected chi connectivity index (χ0v) is 11.5. The van der Waals surface area contributed by atoms with Crippen LogP contribution in [0.5, 0.6) is 0 Å². The lowest BCUT2D eigenvalue weighted by molar-refractivity contribution is 0.584. The molecule has 0 bridgehead atoms. The summed E-state index contributed by atoms with van der Waals surface area (Å²) in [5.41, 5.74) is 6.55. The quantitative estimate of drug-likeness (QED) is 0.901. The minimum Gasteiger partial charge on any atom is -0.383 e.